The van der Waals surface area contributed by atoms with Gasteiger partial charge in [-0.25, -0.2) is 13.2 Å². The number of aryl methyl sites for hydroxylation is 2. The van der Waals surface area contributed by atoms with E-state index in [4.69, 9.17) is 4.42 Å². The van der Waals surface area contributed by atoms with Gasteiger partial charge in [-0.1, -0.05) is 19.1 Å². The van der Waals surface area contributed by atoms with Crippen LogP contribution in [0, 0.1) is 0 Å². The molecule has 0 spiro atoms. The Labute approximate surface area is 111 Å². The van der Waals surface area contributed by atoms with Crippen LogP contribution in [0.4, 0.5) is 0 Å². The summed E-state index contributed by atoms with van der Waals surface area (Å²) < 4.78 is 27.6. The molecule has 1 aromatic carbocycles. The van der Waals surface area contributed by atoms with Crippen LogP contribution < -0.4 is 5.76 Å². The van der Waals surface area contributed by atoms with Crippen molar-refractivity contribution in [3.05, 3.63) is 40.0 Å². The van der Waals surface area contributed by atoms with Gasteiger partial charge in [0.2, 0.25) is 0 Å². The molecule has 0 saturated carbocycles. The molecule has 1 heterocycles. The van der Waals surface area contributed by atoms with E-state index in [1.165, 1.54) is 6.26 Å². The van der Waals surface area contributed by atoms with Crippen LogP contribution in [0.1, 0.15) is 18.2 Å². The second-order valence-corrected chi connectivity index (χ2v) is 6.71. The minimum Gasteiger partial charge on any atom is -0.408 e. The van der Waals surface area contributed by atoms with E-state index in [-0.39, 0.29) is 5.75 Å². The zero-order valence-corrected chi connectivity index (χ0v) is 11.7. The number of nitrogens with zero attached hydrogens (tertiary/aromatic N) is 1. The third kappa shape index (κ3) is 3.20. The minimum absolute atomic E-state index is 0.0274. The molecule has 0 atom stereocenters. The molecular weight excluding hydrogens is 266 g/mol. The van der Waals surface area contributed by atoms with Gasteiger partial charge >= 0.3 is 5.76 Å². The van der Waals surface area contributed by atoms with Gasteiger partial charge in [0.05, 0.1) is 11.4 Å². The van der Waals surface area contributed by atoms with Crippen molar-refractivity contribution in [2.45, 2.75) is 19.8 Å². The standard InChI is InChI=1S/C13H15NO4S/c1-3-11-10-6-4-5-9(7-8-19(2,16)17)12(10)18-13(15)14-11/h4-6H,3,7-8H2,1-2H3. The summed E-state index contributed by atoms with van der Waals surface area (Å²) in [6, 6.07) is 5.42. The smallest absolute Gasteiger partial charge is 0.408 e. The van der Waals surface area contributed by atoms with Gasteiger partial charge in [0, 0.05) is 11.6 Å². The van der Waals surface area contributed by atoms with Gasteiger partial charge in [-0.05, 0) is 24.5 Å². The van der Waals surface area contributed by atoms with Crippen LogP contribution in [0.15, 0.2) is 27.4 Å². The van der Waals surface area contributed by atoms with Crippen LogP contribution in [-0.4, -0.2) is 25.4 Å². The lowest BCUT2D eigenvalue weighted by Crippen LogP contribution is -2.10. The van der Waals surface area contributed by atoms with Crippen molar-refractivity contribution in [2.75, 3.05) is 12.0 Å². The van der Waals surface area contributed by atoms with Crippen molar-refractivity contribution in [3.8, 4) is 0 Å². The molecule has 6 heteroatoms. The Kier molecular flexibility index (Phi) is 3.71. The quantitative estimate of drug-likeness (QED) is 0.845. The van der Waals surface area contributed by atoms with Crippen molar-refractivity contribution in [2.24, 2.45) is 0 Å². The SMILES string of the molecule is CCc1nc(=O)oc2c(CCS(C)(=O)=O)cccc12. The van der Waals surface area contributed by atoms with E-state index in [1.807, 2.05) is 19.1 Å². The van der Waals surface area contributed by atoms with Crippen LogP contribution in [-0.2, 0) is 22.7 Å². The fourth-order valence-electron chi connectivity index (χ4n) is 1.97. The predicted octanol–water partition coefficient (Wildman–Crippen LogP) is 1.34. The second-order valence-electron chi connectivity index (χ2n) is 4.45. The first kappa shape index (κ1) is 13.7. The zero-order chi connectivity index (χ0) is 14.0. The first-order valence-corrected chi connectivity index (χ1v) is 8.06. The van der Waals surface area contributed by atoms with Gasteiger partial charge in [0.15, 0.2) is 0 Å². The lowest BCUT2D eigenvalue weighted by Gasteiger charge is -2.06. The van der Waals surface area contributed by atoms with Crippen LogP contribution in [0.25, 0.3) is 11.0 Å². The maximum absolute atomic E-state index is 11.4. The summed E-state index contributed by atoms with van der Waals surface area (Å²) in [4.78, 5) is 15.2. The molecule has 0 unspecified atom stereocenters. The Bertz CT molecular complexity index is 762. The largest absolute Gasteiger partial charge is 0.439 e. The van der Waals surface area contributed by atoms with Crippen LogP contribution >= 0.6 is 0 Å². The number of fused-ring (bicyclic) bond motifs is 1. The number of para-hydroxylation sites is 1. The molecule has 0 amide bonds. The fourth-order valence-corrected chi connectivity index (χ4v) is 2.57. The number of aromatic nitrogens is 1. The molecule has 0 aliphatic heterocycles. The van der Waals surface area contributed by atoms with Crippen molar-refractivity contribution < 1.29 is 12.8 Å². The molecule has 0 fully saturated rings. The molecule has 0 radical (unpaired) electrons. The zero-order valence-electron chi connectivity index (χ0n) is 10.8. The monoisotopic (exact) mass is 281 g/mol. The van der Waals surface area contributed by atoms with Gasteiger partial charge in [0.1, 0.15) is 15.4 Å². The molecule has 19 heavy (non-hydrogen) atoms. The summed E-state index contributed by atoms with van der Waals surface area (Å²) in [5, 5.41) is 0.771. The molecule has 102 valence electrons. The fraction of sp³-hybridized carbons (Fsp3) is 0.385. The summed E-state index contributed by atoms with van der Waals surface area (Å²) in [5.74, 6) is -0.615. The Balaban J connectivity index is 2.56. The van der Waals surface area contributed by atoms with Gasteiger partial charge in [-0.3, -0.25) is 0 Å². The van der Waals surface area contributed by atoms with E-state index in [0.29, 0.717) is 24.1 Å². The molecule has 0 aliphatic rings. The predicted molar refractivity (Wildman–Crippen MR) is 73.1 cm³/mol. The first-order chi connectivity index (χ1) is 8.90. The van der Waals surface area contributed by atoms with Crippen LogP contribution in [0.5, 0.6) is 0 Å². The van der Waals surface area contributed by atoms with Crippen molar-refractivity contribution >= 4 is 20.8 Å². The summed E-state index contributed by atoms with van der Waals surface area (Å²) in [6.07, 6.45) is 2.14. The van der Waals surface area contributed by atoms with Gasteiger partial charge in [0.25, 0.3) is 0 Å². The lowest BCUT2D eigenvalue weighted by atomic mass is 10.1. The van der Waals surface area contributed by atoms with Crippen molar-refractivity contribution in [1.82, 2.24) is 4.98 Å². The molecule has 0 aliphatic carbocycles. The number of hydrogen-bond acceptors (Lipinski definition) is 5. The highest BCUT2D eigenvalue weighted by Gasteiger charge is 2.11. The second kappa shape index (κ2) is 5.13. The summed E-state index contributed by atoms with van der Waals surface area (Å²) in [5.41, 5.74) is 1.84. The Morgan fingerprint density at radius 1 is 1.32 bits per heavy atom. The van der Waals surface area contributed by atoms with Gasteiger partial charge in [-0.15, -0.1) is 0 Å². The van der Waals surface area contributed by atoms with Gasteiger partial charge < -0.3 is 4.42 Å². The van der Waals surface area contributed by atoms with Crippen LogP contribution in [0.3, 0.4) is 0 Å². The molecule has 2 rings (SSSR count). The molecule has 2 aromatic rings. The summed E-state index contributed by atoms with van der Waals surface area (Å²) in [7, 11) is -3.05. The summed E-state index contributed by atoms with van der Waals surface area (Å²) in [6.45, 7) is 1.91. The molecule has 5 nitrogen and oxygen atoms in total. The first-order valence-electron chi connectivity index (χ1n) is 6.00. The highest BCUT2D eigenvalue weighted by atomic mass is 32.2. The van der Waals surface area contributed by atoms with Gasteiger partial charge in [-0.2, -0.15) is 4.98 Å². The van der Waals surface area contributed by atoms with E-state index in [1.54, 1.807) is 6.07 Å². The van der Waals surface area contributed by atoms with E-state index >= 15 is 0 Å². The third-order valence-corrected chi connectivity index (χ3v) is 3.85. The minimum atomic E-state index is -3.05. The molecule has 1 aromatic heterocycles. The maximum atomic E-state index is 11.4. The lowest BCUT2D eigenvalue weighted by molar-refractivity contribution is 0.523. The molecule has 0 N–H and O–H groups in total. The normalized spacial score (nSPS) is 11.9. The van der Waals surface area contributed by atoms with E-state index in [2.05, 4.69) is 4.98 Å². The van der Waals surface area contributed by atoms with Crippen LogP contribution in [0.2, 0.25) is 0 Å². The van der Waals surface area contributed by atoms with Crippen molar-refractivity contribution in [1.29, 1.82) is 0 Å². The Hall–Kier alpha value is -1.69. The Morgan fingerprint density at radius 3 is 2.68 bits per heavy atom. The average molecular weight is 281 g/mol. The Morgan fingerprint density at radius 2 is 2.05 bits per heavy atom. The highest BCUT2D eigenvalue weighted by molar-refractivity contribution is 7.90. The van der Waals surface area contributed by atoms with Crippen molar-refractivity contribution in [3.63, 3.8) is 0 Å². The maximum Gasteiger partial charge on any atom is 0.439 e. The molecular formula is C13H15NO4S. The number of sulfone groups is 1. The topological polar surface area (TPSA) is 77.2 Å². The van der Waals surface area contributed by atoms with E-state index in [0.717, 1.165) is 10.9 Å². The average Bonchev–Trinajstić information content (AvgIpc) is 2.34. The molecule has 0 saturated heterocycles. The summed E-state index contributed by atoms with van der Waals surface area (Å²) >= 11 is 0. The molecule has 0 bridgehead atoms. The number of hydrogen-bond donors (Lipinski definition) is 0. The number of rotatable bonds is 4. The third-order valence-electron chi connectivity index (χ3n) is 2.90. The highest BCUT2D eigenvalue weighted by Crippen LogP contribution is 2.20. The van der Waals surface area contributed by atoms with E-state index in [9.17, 15) is 13.2 Å². The van der Waals surface area contributed by atoms with E-state index < -0.39 is 15.6 Å². The number of benzene rings is 1.